The van der Waals surface area contributed by atoms with Crippen molar-refractivity contribution >= 4 is 17.7 Å². The van der Waals surface area contributed by atoms with Gasteiger partial charge in [0.05, 0.1) is 11.8 Å². The summed E-state index contributed by atoms with van der Waals surface area (Å²) in [6.07, 6.45) is 7.37. The maximum atomic E-state index is 11.8. The first-order valence-electron chi connectivity index (χ1n) is 4.63. The van der Waals surface area contributed by atoms with Crippen LogP contribution in [0.2, 0.25) is 0 Å². The molecule has 1 aliphatic heterocycles. The highest BCUT2D eigenvalue weighted by Gasteiger charge is 2.26. The summed E-state index contributed by atoms with van der Waals surface area (Å²) < 4.78 is 0. The molecule has 1 unspecified atom stereocenters. The van der Waals surface area contributed by atoms with E-state index in [1.54, 1.807) is 16.7 Å². The third-order valence-corrected chi connectivity index (χ3v) is 3.54. The van der Waals surface area contributed by atoms with Crippen LogP contribution in [0.1, 0.15) is 19.8 Å². The first-order chi connectivity index (χ1) is 6.29. The molecule has 1 fully saturated rings. The maximum Gasteiger partial charge on any atom is 0.236 e. The molecule has 0 aromatic rings. The second-order valence-electron chi connectivity index (χ2n) is 3.06. The van der Waals surface area contributed by atoms with Gasteiger partial charge in [-0.05, 0) is 25.5 Å². The lowest BCUT2D eigenvalue weighted by Crippen LogP contribution is -2.36. The van der Waals surface area contributed by atoms with E-state index in [0.717, 1.165) is 25.1 Å². The minimum Gasteiger partial charge on any atom is -0.331 e. The van der Waals surface area contributed by atoms with E-state index in [2.05, 4.69) is 5.92 Å². The standard InChI is InChI=1S/C10H15NOS/c1-3-7-11(4-2)10(12)9-6-5-8-13-9/h1,9H,4-8H2,2H3. The average molecular weight is 197 g/mol. The minimum atomic E-state index is 0.174. The molecule has 1 heterocycles. The topological polar surface area (TPSA) is 20.3 Å². The second-order valence-corrected chi connectivity index (χ2v) is 4.37. The van der Waals surface area contributed by atoms with E-state index >= 15 is 0 Å². The van der Waals surface area contributed by atoms with E-state index in [4.69, 9.17) is 6.42 Å². The van der Waals surface area contributed by atoms with Crippen molar-refractivity contribution < 1.29 is 4.79 Å². The fourth-order valence-corrected chi connectivity index (χ4v) is 2.67. The number of nitrogens with zero attached hydrogens (tertiary/aromatic N) is 1. The zero-order valence-electron chi connectivity index (χ0n) is 7.95. The summed E-state index contributed by atoms with van der Waals surface area (Å²) in [5.41, 5.74) is 0. The molecule has 1 rings (SSSR count). The summed E-state index contributed by atoms with van der Waals surface area (Å²) in [6, 6.07) is 0. The van der Waals surface area contributed by atoms with Gasteiger partial charge in [-0.1, -0.05) is 5.92 Å². The summed E-state index contributed by atoms with van der Waals surface area (Å²) in [5, 5.41) is 0.174. The van der Waals surface area contributed by atoms with Crippen LogP contribution in [0, 0.1) is 12.3 Å². The van der Waals surface area contributed by atoms with Gasteiger partial charge in [-0.3, -0.25) is 4.79 Å². The monoisotopic (exact) mass is 197 g/mol. The average Bonchev–Trinajstić information content (AvgIpc) is 2.65. The molecule has 13 heavy (non-hydrogen) atoms. The molecule has 0 aromatic heterocycles. The van der Waals surface area contributed by atoms with Gasteiger partial charge in [0.15, 0.2) is 0 Å². The van der Waals surface area contributed by atoms with Crippen molar-refractivity contribution in [2.75, 3.05) is 18.8 Å². The predicted molar refractivity (Wildman–Crippen MR) is 56.6 cm³/mol. The third-order valence-electron chi connectivity index (χ3n) is 2.18. The van der Waals surface area contributed by atoms with E-state index in [0.29, 0.717) is 6.54 Å². The van der Waals surface area contributed by atoms with Gasteiger partial charge in [-0.25, -0.2) is 0 Å². The van der Waals surface area contributed by atoms with Gasteiger partial charge in [0.25, 0.3) is 0 Å². The molecular weight excluding hydrogens is 182 g/mol. The van der Waals surface area contributed by atoms with Crippen LogP contribution >= 0.6 is 11.8 Å². The number of thioether (sulfide) groups is 1. The van der Waals surface area contributed by atoms with Crippen molar-refractivity contribution in [3.63, 3.8) is 0 Å². The Balaban J connectivity index is 2.48. The van der Waals surface area contributed by atoms with Gasteiger partial charge in [0, 0.05) is 6.54 Å². The van der Waals surface area contributed by atoms with Gasteiger partial charge < -0.3 is 4.90 Å². The van der Waals surface area contributed by atoms with Crippen LogP contribution in [-0.2, 0) is 4.79 Å². The van der Waals surface area contributed by atoms with Gasteiger partial charge in [-0.15, -0.1) is 18.2 Å². The van der Waals surface area contributed by atoms with Crippen LogP contribution in [0.15, 0.2) is 0 Å². The summed E-state index contributed by atoms with van der Waals surface area (Å²) in [6.45, 7) is 3.14. The van der Waals surface area contributed by atoms with E-state index in [9.17, 15) is 4.79 Å². The Kier molecular flexibility index (Phi) is 4.17. The van der Waals surface area contributed by atoms with Crippen LogP contribution in [0.4, 0.5) is 0 Å². The number of carbonyl (C=O) groups is 1. The maximum absolute atomic E-state index is 11.8. The lowest BCUT2D eigenvalue weighted by Gasteiger charge is -2.21. The smallest absolute Gasteiger partial charge is 0.236 e. The Hall–Kier alpha value is -0.620. The van der Waals surface area contributed by atoms with Gasteiger partial charge in [0.2, 0.25) is 5.91 Å². The Morgan fingerprint density at radius 2 is 2.54 bits per heavy atom. The summed E-state index contributed by atoms with van der Waals surface area (Å²) in [4.78, 5) is 13.5. The predicted octanol–water partition coefficient (Wildman–Crippen LogP) is 1.36. The van der Waals surface area contributed by atoms with Gasteiger partial charge in [0.1, 0.15) is 0 Å². The zero-order valence-corrected chi connectivity index (χ0v) is 8.77. The number of hydrogen-bond acceptors (Lipinski definition) is 2. The Bertz CT molecular complexity index is 215. The molecule has 0 bridgehead atoms. The number of hydrogen-bond donors (Lipinski definition) is 0. The van der Waals surface area contributed by atoms with Crippen molar-refractivity contribution in [2.45, 2.75) is 25.0 Å². The molecule has 0 aliphatic carbocycles. The summed E-state index contributed by atoms with van der Waals surface area (Å²) in [7, 11) is 0. The molecular formula is C10H15NOS. The Labute approximate surface area is 84.1 Å². The highest BCUT2D eigenvalue weighted by Crippen LogP contribution is 2.27. The number of carbonyl (C=O) groups excluding carboxylic acids is 1. The molecule has 1 saturated heterocycles. The van der Waals surface area contributed by atoms with Crippen LogP contribution < -0.4 is 0 Å². The van der Waals surface area contributed by atoms with Crippen LogP contribution in [0.3, 0.4) is 0 Å². The van der Waals surface area contributed by atoms with E-state index < -0.39 is 0 Å². The van der Waals surface area contributed by atoms with Crippen molar-refractivity contribution in [3.8, 4) is 12.3 Å². The lowest BCUT2D eigenvalue weighted by atomic mass is 10.2. The molecule has 0 saturated carbocycles. The second kappa shape index (κ2) is 5.18. The Morgan fingerprint density at radius 1 is 1.77 bits per heavy atom. The van der Waals surface area contributed by atoms with Crippen molar-refractivity contribution in [1.82, 2.24) is 4.90 Å². The normalized spacial score (nSPS) is 21.1. The zero-order chi connectivity index (χ0) is 9.68. The molecule has 2 nitrogen and oxygen atoms in total. The van der Waals surface area contributed by atoms with Crippen LogP contribution in [-0.4, -0.2) is 34.9 Å². The number of terminal acetylenes is 1. The molecule has 0 N–H and O–H groups in total. The quantitative estimate of drug-likeness (QED) is 0.637. The molecule has 0 spiro atoms. The van der Waals surface area contributed by atoms with Crippen LogP contribution in [0.25, 0.3) is 0 Å². The van der Waals surface area contributed by atoms with E-state index in [1.807, 2.05) is 6.92 Å². The molecule has 72 valence electrons. The Morgan fingerprint density at radius 3 is 3.00 bits per heavy atom. The summed E-state index contributed by atoms with van der Waals surface area (Å²) in [5.74, 6) is 3.86. The molecule has 0 radical (unpaired) electrons. The molecule has 1 atom stereocenters. The van der Waals surface area contributed by atoms with E-state index in [-0.39, 0.29) is 11.2 Å². The lowest BCUT2D eigenvalue weighted by molar-refractivity contribution is -0.129. The van der Waals surface area contributed by atoms with Crippen molar-refractivity contribution in [2.24, 2.45) is 0 Å². The van der Waals surface area contributed by atoms with Crippen LogP contribution in [0.5, 0.6) is 0 Å². The first-order valence-corrected chi connectivity index (χ1v) is 5.68. The van der Waals surface area contributed by atoms with Crippen molar-refractivity contribution in [1.29, 1.82) is 0 Å². The molecule has 3 heteroatoms. The SMILES string of the molecule is C#CCN(CC)C(=O)C1CCCS1. The molecule has 1 aliphatic rings. The van der Waals surface area contributed by atoms with Gasteiger partial charge >= 0.3 is 0 Å². The fourth-order valence-electron chi connectivity index (χ4n) is 1.43. The molecule has 1 amide bonds. The highest BCUT2D eigenvalue weighted by molar-refractivity contribution is 8.00. The third kappa shape index (κ3) is 2.67. The minimum absolute atomic E-state index is 0.174. The summed E-state index contributed by atoms with van der Waals surface area (Å²) >= 11 is 1.76. The van der Waals surface area contributed by atoms with Gasteiger partial charge in [-0.2, -0.15) is 0 Å². The van der Waals surface area contributed by atoms with Crippen molar-refractivity contribution in [3.05, 3.63) is 0 Å². The largest absolute Gasteiger partial charge is 0.331 e. The van der Waals surface area contributed by atoms with E-state index in [1.165, 1.54) is 0 Å². The number of amides is 1. The highest BCUT2D eigenvalue weighted by atomic mass is 32.2. The molecule has 0 aromatic carbocycles. The number of rotatable bonds is 3. The first kappa shape index (κ1) is 10.5. The fraction of sp³-hybridized carbons (Fsp3) is 0.700.